The molecule has 0 aliphatic carbocycles. The molecule has 2 aromatic carbocycles. The summed E-state index contributed by atoms with van der Waals surface area (Å²) in [5, 5.41) is 4.50. The van der Waals surface area contributed by atoms with Crippen LogP contribution in [0, 0.1) is 0 Å². The Morgan fingerprint density at radius 2 is 1.91 bits per heavy atom. The number of rotatable bonds is 6. The lowest BCUT2D eigenvalue weighted by Crippen LogP contribution is -2.17. The Kier molecular flexibility index (Phi) is 4.45. The molecule has 3 rings (SSSR count). The van der Waals surface area contributed by atoms with E-state index in [1.807, 2.05) is 13.1 Å². The van der Waals surface area contributed by atoms with Crippen molar-refractivity contribution in [1.29, 1.82) is 0 Å². The van der Waals surface area contributed by atoms with Gasteiger partial charge in [0.15, 0.2) is 0 Å². The lowest BCUT2D eigenvalue weighted by molar-refractivity contribution is 0.415. The first-order chi connectivity index (χ1) is 10.8. The van der Waals surface area contributed by atoms with Gasteiger partial charge in [0.25, 0.3) is 0 Å². The van der Waals surface area contributed by atoms with Crippen LogP contribution >= 0.6 is 0 Å². The molecule has 3 aromatic rings. The highest BCUT2D eigenvalue weighted by Crippen LogP contribution is 2.29. The molecule has 1 unspecified atom stereocenters. The molecule has 0 saturated heterocycles. The molecule has 1 heterocycles. The molecule has 1 aromatic heterocycles. The van der Waals surface area contributed by atoms with Crippen molar-refractivity contribution in [3.8, 4) is 5.75 Å². The van der Waals surface area contributed by atoms with Gasteiger partial charge in [-0.1, -0.05) is 30.3 Å². The molecule has 3 nitrogen and oxygen atoms in total. The third-order valence-corrected chi connectivity index (χ3v) is 4.12. The Labute approximate surface area is 131 Å². The van der Waals surface area contributed by atoms with Gasteiger partial charge in [-0.05, 0) is 49.2 Å². The third-order valence-electron chi connectivity index (χ3n) is 4.12. The van der Waals surface area contributed by atoms with E-state index in [1.54, 1.807) is 7.11 Å². The van der Waals surface area contributed by atoms with Crippen molar-refractivity contribution in [1.82, 2.24) is 9.88 Å². The van der Waals surface area contributed by atoms with E-state index in [1.165, 1.54) is 16.5 Å². The van der Waals surface area contributed by atoms with Crippen LogP contribution in [0.25, 0.3) is 10.9 Å². The fourth-order valence-corrected chi connectivity index (χ4v) is 2.95. The van der Waals surface area contributed by atoms with Crippen LogP contribution in [-0.2, 0) is 0 Å². The van der Waals surface area contributed by atoms with Crippen LogP contribution in [0.4, 0.5) is 0 Å². The summed E-state index contributed by atoms with van der Waals surface area (Å²) in [4.78, 5) is 0. The van der Waals surface area contributed by atoms with Gasteiger partial charge < -0.3 is 14.6 Å². The van der Waals surface area contributed by atoms with Gasteiger partial charge in [-0.25, -0.2) is 0 Å². The molecule has 0 aliphatic rings. The minimum atomic E-state index is 0.318. The number of nitrogens with zero attached hydrogens (tertiary/aromatic N) is 1. The van der Waals surface area contributed by atoms with Crippen molar-refractivity contribution >= 4 is 10.9 Å². The van der Waals surface area contributed by atoms with E-state index in [-0.39, 0.29) is 0 Å². The van der Waals surface area contributed by atoms with E-state index in [0.717, 1.165) is 18.7 Å². The number of hydrogen-bond acceptors (Lipinski definition) is 2. The van der Waals surface area contributed by atoms with Crippen LogP contribution in [0.3, 0.4) is 0 Å². The number of ether oxygens (including phenoxy) is 1. The van der Waals surface area contributed by atoms with E-state index < -0.39 is 0 Å². The van der Waals surface area contributed by atoms with Gasteiger partial charge in [-0.15, -0.1) is 0 Å². The molecule has 0 amide bonds. The SMILES string of the molecule is CNCCC(c1ccccc1)n1ccc2ccc(OC)cc21. The van der Waals surface area contributed by atoms with Crippen molar-refractivity contribution in [2.45, 2.75) is 12.5 Å². The Hall–Kier alpha value is -2.26. The Bertz CT molecular complexity index is 734. The normalized spacial score (nSPS) is 12.5. The predicted octanol–water partition coefficient (Wildman–Crippen LogP) is 3.85. The molecule has 1 atom stereocenters. The molecule has 0 fully saturated rings. The molecule has 3 heteroatoms. The fraction of sp³-hybridized carbons (Fsp3) is 0.263. The minimum Gasteiger partial charge on any atom is -0.497 e. The lowest BCUT2D eigenvalue weighted by atomic mass is 10.0. The molecule has 22 heavy (non-hydrogen) atoms. The summed E-state index contributed by atoms with van der Waals surface area (Å²) >= 11 is 0. The molecular formula is C19H22N2O. The van der Waals surface area contributed by atoms with Crippen LogP contribution in [0.2, 0.25) is 0 Å². The molecule has 0 bridgehead atoms. The van der Waals surface area contributed by atoms with E-state index in [0.29, 0.717) is 6.04 Å². The summed E-state index contributed by atoms with van der Waals surface area (Å²) in [7, 11) is 3.71. The summed E-state index contributed by atoms with van der Waals surface area (Å²) in [5.74, 6) is 0.896. The Morgan fingerprint density at radius 1 is 1.09 bits per heavy atom. The molecule has 114 valence electrons. The van der Waals surface area contributed by atoms with Gasteiger partial charge in [0.2, 0.25) is 0 Å². The van der Waals surface area contributed by atoms with E-state index in [9.17, 15) is 0 Å². The lowest BCUT2D eigenvalue weighted by Gasteiger charge is -2.21. The number of hydrogen-bond donors (Lipinski definition) is 1. The third kappa shape index (κ3) is 2.85. The summed E-state index contributed by atoms with van der Waals surface area (Å²) in [6, 6.07) is 19.4. The van der Waals surface area contributed by atoms with Gasteiger partial charge in [0, 0.05) is 12.3 Å². The van der Waals surface area contributed by atoms with Gasteiger partial charge in [0.1, 0.15) is 5.75 Å². The smallest absolute Gasteiger partial charge is 0.120 e. The molecule has 0 spiro atoms. The summed E-state index contributed by atoms with van der Waals surface area (Å²) in [5.41, 5.74) is 2.54. The van der Waals surface area contributed by atoms with Crippen molar-refractivity contribution in [3.63, 3.8) is 0 Å². The number of benzene rings is 2. The average Bonchev–Trinajstić information content (AvgIpc) is 2.99. The highest BCUT2D eigenvalue weighted by molar-refractivity contribution is 5.82. The largest absolute Gasteiger partial charge is 0.497 e. The van der Waals surface area contributed by atoms with Gasteiger partial charge in [-0.2, -0.15) is 0 Å². The van der Waals surface area contributed by atoms with Crippen LogP contribution < -0.4 is 10.1 Å². The number of nitrogens with one attached hydrogen (secondary N) is 1. The number of aromatic nitrogens is 1. The maximum Gasteiger partial charge on any atom is 0.120 e. The van der Waals surface area contributed by atoms with E-state index in [2.05, 4.69) is 64.6 Å². The first-order valence-electron chi connectivity index (χ1n) is 7.67. The second-order valence-corrected chi connectivity index (χ2v) is 5.47. The number of methoxy groups -OCH3 is 1. The highest BCUT2D eigenvalue weighted by atomic mass is 16.5. The van der Waals surface area contributed by atoms with E-state index >= 15 is 0 Å². The first kappa shape index (κ1) is 14.7. The molecule has 0 radical (unpaired) electrons. The zero-order chi connectivity index (χ0) is 15.4. The maximum absolute atomic E-state index is 5.39. The Balaban J connectivity index is 2.07. The van der Waals surface area contributed by atoms with Crippen molar-refractivity contribution in [2.24, 2.45) is 0 Å². The fourth-order valence-electron chi connectivity index (χ4n) is 2.95. The molecule has 0 aliphatic heterocycles. The zero-order valence-electron chi connectivity index (χ0n) is 13.1. The van der Waals surface area contributed by atoms with Crippen LogP contribution in [0.1, 0.15) is 18.0 Å². The quantitative estimate of drug-likeness (QED) is 0.747. The van der Waals surface area contributed by atoms with Crippen LogP contribution in [0.15, 0.2) is 60.8 Å². The Morgan fingerprint density at radius 3 is 2.64 bits per heavy atom. The monoisotopic (exact) mass is 294 g/mol. The van der Waals surface area contributed by atoms with Gasteiger partial charge >= 0.3 is 0 Å². The van der Waals surface area contributed by atoms with E-state index in [4.69, 9.17) is 4.74 Å². The van der Waals surface area contributed by atoms with Crippen molar-refractivity contribution in [3.05, 3.63) is 66.4 Å². The standard InChI is InChI=1S/C19H22N2O/c1-20-12-10-18(15-6-4-3-5-7-15)21-13-11-16-8-9-17(22-2)14-19(16)21/h3-9,11,13-14,18,20H,10,12H2,1-2H3. The topological polar surface area (TPSA) is 26.2 Å². The first-order valence-corrected chi connectivity index (χ1v) is 7.67. The highest BCUT2D eigenvalue weighted by Gasteiger charge is 2.15. The predicted molar refractivity (Wildman–Crippen MR) is 91.6 cm³/mol. The molecular weight excluding hydrogens is 272 g/mol. The number of fused-ring (bicyclic) bond motifs is 1. The minimum absolute atomic E-state index is 0.318. The van der Waals surface area contributed by atoms with Crippen LogP contribution in [0.5, 0.6) is 5.75 Å². The van der Waals surface area contributed by atoms with Crippen molar-refractivity contribution in [2.75, 3.05) is 20.7 Å². The summed E-state index contributed by atoms with van der Waals surface area (Å²) < 4.78 is 7.74. The van der Waals surface area contributed by atoms with Crippen LogP contribution in [-0.4, -0.2) is 25.3 Å². The zero-order valence-corrected chi connectivity index (χ0v) is 13.1. The second-order valence-electron chi connectivity index (χ2n) is 5.47. The summed E-state index contributed by atoms with van der Waals surface area (Å²) in [6.07, 6.45) is 3.22. The molecule has 1 N–H and O–H groups in total. The average molecular weight is 294 g/mol. The van der Waals surface area contributed by atoms with Gasteiger partial charge in [-0.3, -0.25) is 0 Å². The van der Waals surface area contributed by atoms with Crippen molar-refractivity contribution < 1.29 is 4.74 Å². The maximum atomic E-state index is 5.39. The second kappa shape index (κ2) is 6.67. The summed E-state index contributed by atoms with van der Waals surface area (Å²) in [6.45, 7) is 0.975. The van der Waals surface area contributed by atoms with Gasteiger partial charge in [0.05, 0.1) is 18.7 Å². The molecule has 0 saturated carbocycles.